The number of nitrogens with one attached hydrogen (secondary N) is 1. The number of esters is 1. The summed E-state index contributed by atoms with van der Waals surface area (Å²) in [6.45, 7) is 3.04. The van der Waals surface area contributed by atoms with Crippen LogP contribution >= 0.6 is 0 Å². The summed E-state index contributed by atoms with van der Waals surface area (Å²) in [6.07, 6.45) is 2.20. The number of hydrogen-bond donors (Lipinski definition) is 1. The maximum Gasteiger partial charge on any atom is 0.302 e. The second-order valence-corrected chi connectivity index (χ2v) is 5.48. The molecule has 0 heterocycles. The van der Waals surface area contributed by atoms with Gasteiger partial charge in [-0.3, -0.25) is 19.7 Å². The minimum absolute atomic E-state index is 0.0883. The number of carbonyl (C=O) groups is 2. The number of fused-ring (bicyclic) bond motifs is 1. The van der Waals surface area contributed by atoms with Gasteiger partial charge in [-0.1, -0.05) is 0 Å². The molecule has 1 aromatic rings. The number of amides is 1. The van der Waals surface area contributed by atoms with Crippen LogP contribution in [0, 0.1) is 16.0 Å². The second-order valence-electron chi connectivity index (χ2n) is 5.48. The number of nitro benzene ring substituents is 1. The lowest BCUT2D eigenvalue weighted by Crippen LogP contribution is -2.08. The highest BCUT2D eigenvalue weighted by Gasteiger charge is 2.26. The fourth-order valence-corrected chi connectivity index (χ4v) is 2.76. The number of ether oxygens (including phenoxy) is 1. The third-order valence-electron chi connectivity index (χ3n) is 3.67. The molecule has 1 amide bonds. The maximum atomic E-state index is 11.2. The fraction of sp³-hybridized carbons (Fsp3) is 0.467. The van der Waals surface area contributed by atoms with Gasteiger partial charge >= 0.3 is 5.97 Å². The van der Waals surface area contributed by atoms with Crippen molar-refractivity contribution in [2.75, 3.05) is 11.9 Å². The number of anilines is 1. The summed E-state index contributed by atoms with van der Waals surface area (Å²) in [6, 6.07) is 3.22. The zero-order chi connectivity index (χ0) is 16.3. The third kappa shape index (κ3) is 3.81. The van der Waals surface area contributed by atoms with Crippen LogP contribution in [0.3, 0.4) is 0 Å². The Labute approximate surface area is 127 Å². The molecule has 1 atom stereocenters. The summed E-state index contributed by atoms with van der Waals surface area (Å²) < 4.78 is 4.94. The molecule has 0 aliphatic heterocycles. The molecule has 0 aromatic heterocycles. The molecule has 0 bridgehead atoms. The Bertz CT molecular complexity index is 627. The van der Waals surface area contributed by atoms with Gasteiger partial charge in [0.15, 0.2) is 0 Å². The van der Waals surface area contributed by atoms with Gasteiger partial charge in [0.25, 0.3) is 5.69 Å². The van der Waals surface area contributed by atoms with Crippen molar-refractivity contribution in [1.29, 1.82) is 0 Å². The topological polar surface area (TPSA) is 98.5 Å². The van der Waals surface area contributed by atoms with Gasteiger partial charge in [0.1, 0.15) is 5.69 Å². The predicted molar refractivity (Wildman–Crippen MR) is 79.5 cm³/mol. The number of hydrogen-bond acceptors (Lipinski definition) is 5. The van der Waals surface area contributed by atoms with Gasteiger partial charge < -0.3 is 10.1 Å². The van der Waals surface area contributed by atoms with Crippen LogP contribution in [-0.2, 0) is 27.2 Å². The van der Waals surface area contributed by atoms with Crippen LogP contribution in [0.4, 0.5) is 11.4 Å². The Kier molecular flexibility index (Phi) is 4.75. The highest BCUT2D eigenvalue weighted by atomic mass is 16.6. The summed E-state index contributed by atoms with van der Waals surface area (Å²) in [7, 11) is 0. The minimum atomic E-state index is -0.488. The molecule has 0 fully saturated rings. The van der Waals surface area contributed by atoms with E-state index in [0.717, 1.165) is 30.4 Å². The first-order valence-corrected chi connectivity index (χ1v) is 7.08. The molecular weight excluding hydrogens is 288 g/mol. The van der Waals surface area contributed by atoms with E-state index in [1.165, 1.54) is 19.9 Å². The van der Waals surface area contributed by atoms with Crippen LogP contribution in [0.2, 0.25) is 0 Å². The summed E-state index contributed by atoms with van der Waals surface area (Å²) in [5.74, 6) is -0.354. The third-order valence-corrected chi connectivity index (χ3v) is 3.67. The van der Waals surface area contributed by atoms with Crippen molar-refractivity contribution in [2.24, 2.45) is 5.92 Å². The molecule has 22 heavy (non-hydrogen) atoms. The monoisotopic (exact) mass is 306 g/mol. The Morgan fingerprint density at radius 3 is 2.50 bits per heavy atom. The normalized spacial score (nSPS) is 16.0. The molecule has 7 heteroatoms. The zero-order valence-corrected chi connectivity index (χ0v) is 12.5. The first-order chi connectivity index (χ1) is 10.4. The van der Waals surface area contributed by atoms with Crippen molar-refractivity contribution in [3.05, 3.63) is 33.4 Å². The van der Waals surface area contributed by atoms with Gasteiger partial charge in [-0.2, -0.15) is 0 Å². The van der Waals surface area contributed by atoms with E-state index in [4.69, 9.17) is 4.74 Å². The maximum absolute atomic E-state index is 11.2. The molecule has 7 nitrogen and oxygen atoms in total. The summed E-state index contributed by atoms with van der Waals surface area (Å²) in [4.78, 5) is 32.6. The van der Waals surface area contributed by atoms with E-state index in [9.17, 15) is 19.7 Å². The van der Waals surface area contributed by atoms with Gasteiger partial charge in [0.2, 0.25) is 5.91 Å². The largest absolute Gasteiger partial charge is 0.466 e. The summed E-state index contributed by atoms with van der Waals surface area (Å²) in [5.41, 5.74) is 2.07. The Balaban J connectivity index is 2.14. The quantitative estimate of drug-likeness (QED) is 0.511. The molecule has 0 spiro atoms. The van der Waals surface area contributed by atoms with Crippen LogP contribution in [0.5, 0.6) is 0 Å². The Hall–Kier alpha value is -2.44. The first-order valence-electron chi connectivity index (χ1n) is 7.08. The van der Waals surface area contributed by atoms with E-state index in [2.05, 4.69) is 5.32 Å². The SMILES string of the molecule is CC(=O)Nc1cc2c(cc1[N+](=O)[O-])CC(CCOC(C)=O)C2. The summed E-state index contributed by atoms with van der Waals surface area (Å²) in [5, 5.41) is 13.6. The standard InChI is InChI=1S/C15H18N2O5/c1-9(18)16-14-7-12-5-11(3-4-22-10(2)19)6-13(12)8-15(14)17(20)21/h7-8,11H,3-6H2,1-2H3,(H,16,18). The van der Waals surface area contributed by atoms with E-state index in [0.29, 0.717) is 12.5 Å². The van der Waals surface area contributed by atoms with Crippen molar-refractivity contribution in [3.8, 4) is 0 Å². The molecule has 0 saturated heterocycles. The van der Waals surface area contributed by atoms with Gasteiger partial charge in [0.05, 0.1) is 11.5 Å². The average molecular weight is 306 g/mol. The Morgan fingerprint density at radius 2 is 1.95 bits per heavy atom. The first kappa shape index (κ1) is 15.9. The van der Waals surface area contributed by atoms with E-state index in [1.807, 2.05) is 0 Å². The smallest absolute Gasteiger partial charge is 0.302 e. The fourth-order valence-electron chi connectivity index (χ4n) is 2.76. The van der Waals surface area contributed by atoms with E-state index >= 15 is 0 Å². The number of benzene rings is 1. The molecule has 118 valence electrons. The van der Waals surface area contributed by atoms with Crippen molar-refractivity contribution < 1.29 is 19.2 Å². The van der Waals surface area contributed by atoms with E-state index in [-0.39, 0.29) is 23.3 Å². The molecule has 1 aromatic carbocycles. The van der Waals surface area contributed by atoms with Gasteiger partial charge in [0, 0.05) is 19.9 Å². The Morgan fingerprint density at radius 1 is 1.32 bits per heavy atom. The highest BCUT2D eigenvalue weighted by molar-refractivity contribution is 5.91. The lowest BCUT2D eigenvalue weighted by atomic mass is 10.0. The number of rotatable bonds is 5. The van der Waals surface area contributed by atoms with Crippen molar-refractivity contribution in [1.82, 2.24) is 0 Å². The van der Waals surface area contributed by atoms with Crippen LogP contribution < -0.4 is 5.32 Å². The number of nitrogens with zero attached hydrogens (tertiary/aromatic N) is 1. The van der Waals surface area contributed by atoms with Crippen molar-refractivity contribution >= 4 is 23.3 Å². The zero-order valence-electron chi connectivity index (χ0n) is 12.5. The molecule has 1 unspecified atom stereocenters. The van der Waals surface area contributed by atoms with E-state index in [1.54, 1.807) is 6.07 Å². The molecule has 1 aliphatic rings. The molecule has 1 N–H and O–H groups in total. The highest BCUT2D eigenvalue weighted by Crippen LogP contribution is 2.36. The number of nitro groups is 1. The second kappa shape index (κ2) is 6.55. The van der Waals surface area contributed by atoms with Crippen LogP contribution in [0.25, 0.3) is 0 Å². The summed E-state index contributed by atoms with van der Waals surface area (Å²) >= 11 is 0. The molecule has 1 aliphatic carbocycles. The lowest BCUT2D eigenvalue weighted by Gasteiger charge is -2.08. The van der Waals surface area contributed by atoms with Crippen molar-refractivity contribution in [3.63, 3.8) is 0 Å². The van der Waals surface area contributed by atoms with Crippen molar-refractivity contribution in [2.45, 2.75) is 33.1 Å². The van der Waals surface area contributed by atoms with Crippen LogP contribution in [-0.4, -0.2) is 23.4 Å². The van der Waals surface area contributed by atoms with E-state index < -0.39 is 4.92 Å². The van der Waals surface area contributed by atoms with Crippen LogP contribution in [0.1, 0.15) is 31.4 Å². The molecule has 0 saturated carbocycles. The average Bonchev–Trinajstić information content (AvgIpc) is 2.78. The van der Waals surface area contributed by atoms with Crippen LogP contribution in [0.15, 0.2) is 12.1 Å². The van der Waals surface area contributed by atoms with Gasteiger partial charge in [-0.25, -0.2) is 0 Å². The molecule has 0 radical (unpaired) electrons. The predicted octanol–water partition coefficient (Wildman–Crippen LogP) is 2.22. The van der Waals surface area contributed by atoms with Gasteiger partial charge in [-0.15, -0.1) is 0 Å². The molecule has 2 rings (SSSR count). The lowest BCUT2D eigenvalue weighted by molar-refractivity contribution is -0.384. The molecular formula is C15H18N2O5. The van der Waals surface area contributed by atoms with Gasteiger partial charge in [-0.05, 0) is 42.4 Å². The number of carbonyl (C=O) groups excluding carboxylic acids is 2. The minimum Gasteiger partial charge on any atom is -0.466 e.